The molecule has 0 saturated carbocycles. The van der Waals surface area contributed by atoms with Crippen molar-refractivity contribution in [1.29, 1.82) is 0 Å². The lowest BCUT2D eigenvalue weighted by atomic mass is 10.2. The number of benzene rings is 2. The van der Waals surface area contributed by atoms with E-state index >= 15 is 0 Å². The molecule has 0 aromatic heterocycles. The van der Waals surface area contributed by atoms with Gasteiger partial charge < -0.3 is 20.9 Å². The van der Waals surface area contributed by atoms with Crippen molar-refractivity contribution in [2.24, 2.45) is 16.5 Å². The minimum absolute atomic E-state index is 0.183. The second-order valence-electron chi connectivity index (χ2n) is 6.07. The number of hydrogen-bond donors (Lipinski definition) is 2. The minimum atomic E-state index is -0.299. The second kappa shape index (κ2) is 11.8. The molecule has 0 fully saturated rings. The Balaban J connectivity index is 1.87. The summed E-state index contributed by atoms with van der Waals surface area (Å²) >= 11 is 0. The van der Waals surface area contributed by atoms with Gasteiger partial charge in [0.15, 0.2) is 5.90 Å². The molecule has 27 heavy (non-hydrogen) atoms. The molecule has 0 bridgehead atoms. The second-order valence-corrected chi connectivity index (χ2v) is 6.07. The van der Waals surface area contributed by atoms with Gasteiger partial charge >= 0.3 is 5.97 Å². The van der Waals surface area contributed by atoms with Gasteiger partial charge in [-0.15, -0.1) is 0 Å². The molecule has 0 atom stereocenters. The minimum Gasteiger partial charge on any atom is -0.476 e. The van der Waals surface area contributed by atoms with Crippen LogP contribution in [0.5, 0.6) is 0 Å². The predicted octanol–water partition coefficient (Wildman–Crippen LogP) is 2.41. The first-order chi connectivity index (χ1) is 13.2. The van der Waals surface area contributed by atoms with E-state index in [9.17, 15) is 4.79 Å². The molecule has 2 rings (SSSR count). The molecule has 6 heteroatoms. The summed E-state index contributed by atoms with van der Waals surface area (Å²) in [6.45, 7) is 1.28. The van der Waals surface area contributed by atoms with Gasteiger partial charge in [0, 0.05) is 19.5 Å². The maximum Gasteiger partial charge on any atom is 0.306 e. The maximum absolute atomic E-state index is 12.0. The van der Waals surface area contributed by atoms with Crippen molar-refractivity contribution in [2.45, 2.75) is 32.1 Å². The number of carbonyl (C=O) groups is 1. The Bertz CT molecular complexity index is 701. The molecule has 144 valence electrons. The van der Waals surface area contributed by atoms with Gasteiger partial charge in [-0.1, -0.05) is 60.7 Å². The van der Waals surface area contributed by atoms with Crippen LogP contribution in [0.15, 0.2) is 65.7 Å². The average Bonchev–Trinajstić information content (AvgIpc) is 2.73. The molecule has 0 unspecified atom stereocenters. The number of ether oxygens (including phenoxy) is 2. The molecule has 0 aliphatic carbocycles. The normalized spacial score (nSPS) is 11.4. The van der Waals surface area contributed by atoms with Crippen molar-refractivity contribution in [1.82, 2.24) is 0 Å². The number of nitrogens with two attached hydrogens (primary N) is 2. The summed E-state index contributed by atoms with van der Waals surface area (Å²) in [6.07, 6.45) is 0.527. The van der Waals surface area contributed by atoms with Crippen LogP contribution >= 0.6 is 0 Å². The Morgan fingerprint density at radius 2 is 1.33 bits per heavy atom. The smallest absolute Gasteiger partial charge is 0.306 e. The molecule has 6 nitrogen and oxygen atoms in total. The Hall–Kier alpha value is -2.70. The standard InChI is InChI=1S/C21H27N3O3/c22-13-19(14-23)24-20(26-15-17-7-3-1-4-8-17)11-12-21(25)27-16-18-9-5-2-6-10-18/h1-10,19H,11-16,22-23H2. The fourth-order valence-corrected chi connectivity index (χ4v) is 2.34. The molecule has 4 N–H and O–H groups in total. The highest BCUT2D eigenvalue weighted by atomic mass is 16.5. The number of rotatable bonds is 10. The number of aliphatic imine (C=N–C) groups is 1. The fraction of sp³-hybridized carbons (Fsp3) is 0.333. The first kappa shape index (κ1) is 20.6. The molecular weight excluding hydrogens is 342 g/mol. The Morgan fingerprint density at radius 3 is 1.85 bits per heavy atom. The van der Waals surface area contributed by atoms with Crippen LogP contribution in [0.1, 0.15) is 24.0 Å². The van der Waals surface area contributed by atoms with Gasteiger partial charge in [-0.25, -0.2) is 4.99 Å². The summed E-state index contributed by atoms with van der Waals surface area (Å²) in [4.78, 5) is 16.5. The summed E-state index contributed by atoms with van der Waals surface area (Å²) in [7, 11) is 0. The van der Waals surface area contributed by atoms with Crippen molar-refractivity contribution in [3.63, 3.8) is 0 Å². The SMILES string of the molecule is NCC(CN)N=C(CCC(=O)OCc1ccccc1)OCc1ccccc1. The summed E-state index contributed by atoms with van der Waals surface area (Å²) in [5, 5.41) is 0. The van der Waals surface area contributed by atoms with Crippen LogP contribution in [0.25, 0.3) is 0 Å². The number of nitrogens with zero attached hydrogens (tertiary/aromatic N) is 1. The Morgan fingerprint density at radius 1 is 0.815 bits per heavy atom. The average molecular weight is 369 g/mol. The van der Waals surface area contributed by atoms with Gasteiger partial charge in [0.25, 0.3) is 0 Å². The molecular formula is C21H27N3O3. The van der Waals surface area contributed by atoms with E-state index in [0.717, 1.165) is 11.1 Å². The predicted molar refractivity (Wildman–Crippen MR) is 106 cm³/mol. The zero-order chi connectivity index (χ0) is 19.3. The largest absolute Gasteiger partial charge is 0.476 e. The zero-order valence-electron chi connectivity index (χ0n) is 15.4. The highest BCUT2D eigenvalue weighted by Crippen LogP contribution is 2.07. The number of carbonyl (C=O) groups excluding carboxylic acids is 1. The van der Waals surface area contributed by atoms with E-state index in [-0.39, 0.29) is 25.0 Å². The molecule has 0 saturated heterocycles. The summed E-state index contributed by atoms with van der Waals surface area (Å²) < 4.78 is 11.1. The molecule has 0 radical (unpaired) electrons. The summed E-state index contributed by atoms with van der Waals surface area (Å²) in [5.41, 5.74) is 13.3. The van der Waals surface area contributed by atoms with Gasteiger partial charge in [0.05, 0.1) is 12.5 Å². The van der Waals surface area contributed by atoms with E-state index < -0.39 is 0 Å². The number of hydrogen-bond acceptors (Lipinski definition) is 6. The van der Waals surface area contributed by atoms with Crippen molar-refractivity contribution in [3.8, 4) is 0 Å². The van der Waals surface area contributed by atoms with Crippen LogP contribution in [0.3, 0.4) is 0 Å². The van der Waals surface area contributed by atoms with Gasteiger partial charge in [-0.05, 0) is 11.1 Å². The maximum atomic E-state index is 12.0. The highest BCUT2D eigenvalue weighted by molar-refractivity contribution is 5.81. The van der Waals surface area contributed by atoms with Crippen molar-refractivity contribution in [3.05, 3.63) is 71.8 Å². The third-order valence-electron chi connectivity index (χ3n) is 3.90. The molecule has 0 aliphatic rings. The first-order valence-corrected chi connectivity index (χ1v) is 9.04. The Kier molecular flexibility index (Phi) is 9.03. The lowest BCUT2D eigenvalue weighted by molar-refractivity contribution is -0.144. The van der Waals surface area contributed by atoms with Gasteiger partial charge in [-0.3, -0.25) is 4.79 Å². The molecule has 0 amide bonds. The van der Waals surface area contributed by atoms with Gasteiger partial charge in [0.2, 0.25) is 0 Å². The summed E-state index contributed by atoms with van der Waals surface area (Å²) in [5.74, 6) is 0.170. The van der Waals surface area contributed by atoms with Crippen LogP contribution in [-0.4, -0.2) is 31.0 Å². The monoisotopic (exact) mass is 369 g/mol. The summed E-state index contributed by atoms with van der Waals surface area (Å²) in [6, 6.07) is 19.1. The van der Waals surface area contributed by atoms with Crippen LogP contribution in [-0.2, 0) is 27.5 Å². The van der Waals surface area contributed by atoms with Crippen LogP contribution in [0.2, 0.25) is 0 Å². The van der Waals surface area contributed by atoms with Gasteiger partial charge in [0.1, 0.15) is 13.2 Å². The van der Waals surface area contributed by atoms with Crippen molar-refractivity contribution >= 4 is 11.9 Å². The third kappa shape index (κ3) is 8.02. The van der Waals surface area contributed by atoms with Gasteiger partial charge in [-0.2, -0.15) is 0 Å². The molecule has 2 aromatic carbocycles. The van der Waals surface area contributed by atoms with E-state index in [0.29, 0.717) is 32.0 Å². The van der Waals surface area contributed by atoms with E-state index in [1.54, 1.807) is 0 Å². The van der Waals surface area contributed by atoms with E-state index in [1.165, 1.54) is 0 Å². The van der Waals surface area contributed by atoms with Crippen molar-refractivity contribution in [2.75, 3.05) is 13.1 Å². The molecule has 0 heterocycles. The zero-order valence-corrected chi connectivity index (χ0v) is 15.4. The number of esters is 1. The van der Waals surface area contributed by atoms with Crippen LogP contribution in [0.4, 0.5) is 0 Å². The molecule has 2 aromatic rings. The highest BCUT2D eigenvalue weighted by Gasteiger charge is 2.11. The van der Waals surface area contributed by atoms with Crippen LogP contribution in [0, 0.1) is 0 Å². The lowest BCUT2D eigenvalue weighted by Crippen LogP contribution is -2.29. The molecule has 0 aliphatic heterocycles. The van der Waals surface area contributed by atoms with Crippen molar-refractivity contribution < 1.29 is 14.3 Å². The fourth-order valence-electron chi connectivity index (χ4n) is 2.34. The molecule has 0 spiro atoms. The quantitative estimate of drug-likeness (QED) is 0.381. The van der Waals surface area contributed by atoms with Crippen LogP contribution < -0.4 is 11.5 Å². The third-order valence-corrected chi connectivity index (χ3v) is 3.90. The first-order valence-electron chi connectivity index (χ1n) is 9.04. The van der Waals surface area contributed by atoms with E-state index in [2.05, 4.69) is 4.99 Å². The van der Waals surface area contributed by atoms with E-state index in [1.807, 2.05) is 60.7 Å². The topological polar surface area (TPSA) is 99.9 Å². The van der Waals surface area contributed by atoms with E-state index in [4.69, 9.17) is 20.9 Å². The lowest BCUT2D eigenvalue weighted by Gasteiger charge is -2.13. The Labute approximate surface area is 160 Å².